The van der Waals surface area contributed by atoms with Crippen LogP contribution in [0.4, 0.5) is 5.82 Å². The van der Waals surface area contributed by atoms with Crippen LogP contribution >= 0.6 is 0 Å². The number of carbonyl (C=O) groups is 1. The van der Waals surface area contributed by atoms with Crippen molar-refractivity contribution in [3.05, 3.63) is 89.6 Å². The lowest BCUT2D eigenvalue weighted by molar-refractivity contribution is 0.0602. The van der Waals surface area contributed by atoms with Crippen LogP contribution in [0.15, 0.2) is 72.9 Å². The molecule has 4 aromatic rings. The van der Waals surface area contributed by atoms with Crippen LogP contribution in [0.25, 0.3) is 10.9 Å². The molecule has 2 aromatic carbocycles. The first-order valence-electron chi connectivity index (χ1n) is 9.85. The summed E-state index contributed by atoms with van der Waals surface area (Å²) in [6.07, 6.45) is 1.47. The number of aromatic nitrogens is 2. The third kappa shape index (κ3) is 4.45. The van der Waals surface area contributed by atoms with Gasteiger partial charge in [0.15, 0.2) is 5.82 Å². The van der Waals surface area contributed by atoms with Gasteiger partial charge in [0.25, 0.3) is 0 Å². The number of methoxy groups -OCH3 is 1. The second-order valence-corrected chi connectivity index (χ2v) is 7.20. The number of carbonyl (C=O) groups excluding carboxylic acids is 1. The van der Waals surface area contributed by atoms with Crippen LogP contribution in [0.2, 0.25) is 0 Å². The van der Waals surface area contributed by atoms with Gasteiger partial charge in [-0.15, -0.1) is 0 Å². The van der Waals surface area contributed by atoms with Gasteiger partial charge >= 0.3 is 13.1 Å². The molecule has 3 N–H and O–H groups in total. The average Bonchev–Trinajstić information content (AvgIpc) is 3.25. The highest BCUT2D eigenvalue weighted by atomic mass is 16.5. The molecule has 0 atom stereocenters. The van der Waals surface area contributed by atoms with Gasteiger partial charge in [-0.1, -0.05) is 60.7 Å². The van der Waals surface area contributed by atoms with Crippen LogP contribution in [0.3, 0.4) is 0 Å². The van der Waals surface area contributed by atoms with Crippen molar-refractivity contribution >= 4 is 35.4 Å². The molecule has 0 radical (unpaired) electrons. The van der Waals surface area contributed by atoms with Crippen LogP contribution in [-0.2, 0) is 17.8 Å². The third-order valence-electron chi connectivity index (χ3n) is 5.08. The van der Waals surface area contributed by atoms with Gasteiger partial charge in [0.05, 0.1) is 18.2 Å². The first-order valence-corrected chi connectivity index (χ1v) is 9.85. The largest absolute Gasteiger partial charge is 0.505 e. The van der Waals surface area contributed by atoms with E-state index in [1.54, 1.807) is 6.07 Å². The lowest BCUT2D eigenvalue weighted by Crippen LogP contribution is -2.30. The van der Waals surface area contributed by atoms with Crippen LogP contribution in [0.5, 0.6) is 0 Å². The smallest absolute Gasteiger partial charge is 0.465 e. The third-order valence-corrected chi connectivity index (χ3v) is 5.08. The molecule has 2 heterocycles. The molecule has 7 nitrogen and oxygen atoms in total. The molecular weight excluding hydrogens is 393 g/mol. The van der Waals surface area contributed by atoms with Crippen molar-refractivity contribution in [1.82, 2.24) is 9.97 Å². The number of benzene rings is 2. The van der Waals surface area contributed by atoms with Crippen molar-refractivity contribution in [2.45, 2.75) is 13.1 Å². The summed E-state index contributed by atoms with van der Waals surface area (Å²) < 4.78 is 4.87. The number of H-pyrrole nitrogens is 1. The van der Waals surface area contributed by atoms with Gasteiger partial charge in [-0.05, 0) is 17.2 Å². The van der Waals surface area contributed by atoms with Crippen molar-refractivity contribution in [2.24, 2.45) is 0 Å². The van der Waals surface area contributed by atoms with Gasteiger partial charge in [-0.3, -0.25) is 0 Å². The minimum atomic E-state index is -1.71. The molecule has 2 aromatic heterocycles. The molecule has 8 heteroatoms. The van der Waals surface area contributed by atoms with Gasteiger partial charge < -0.3 is 24.7 Å². The van der Waals surface area contributed by atoms with Gasteiger partial charge in [0.1, 0.15) is 0 Å². The number of nitrogens with one attached hydrogen (secondary N) is 1. The van der Waals surface area contributed by atoms with E-state index >= 15 is 0 Å². The van der Waals surface area contributed by atoms with Gasteiger partial charge in [0.2, 0.25) is 0 Å². The number of ether oxygens (including phenoxy) is 1. The Hall–Kier alpha value is -3.62. The zero-order valence-corrected chi connectivity index (χ0v) is 17.0. The number of rotatable bonds is 7. The van der Waals surface area contributed by atoms with E-state index in [9.17, 15) is 14.8 Å². The number of nitrogens with zero attached hydrogens (tertiary/aromatic N) is 2. The first-order chi connectivity index (χ1) is 15.1. The fourth-order valence-corrected chi connectivity index (χ4v) is 3.59. The maximum Gasteiger partial charge on any atom is 0.505 e. The summed E-state index contributed by atoms with van der Waals surface area (Å²) in [6, 6.07) is 21.5. The van der Waals surface area contributed by atoms with Crippen molar-refractivity contribution < 1.29 is 19.6 Å². The van der Waals surface area contributed by atoms with Crippen molar-refractivity contribution in [1.29, 1.82) is 0 Å². The Morgan fingerprint density at radius 2 is 1.61 bits per heavy atom. The molecule has 0 spiro atoms. The van der Waals surface area contributed by atoms with E-state index in [1.807, 2.05) is 60.7 Å². The van der Waals surface area contributed by atoms with E-state index in [0.29, 0.717) is 29.8 Å². The standard InChI is InChI=1S/C23H22BN3O4/c1-31-23(28)19-13-25-22(21-18(19)12-20(26-21)24(29)30)27(14-16-8-4-2-5-9-16)15-17-10-6-3-7-11-17/h2-13,26,29-30H,14-15H2,1H3. The van der Waals surface area contributed by atoms with Gasteiger partial charge in [-0.2, -0.15) is 0 Å². The zero-order chi connectivity index (χ0) is 21.8. The SMILES string of the molecule is COC(=O)c1cnc(N(Cc2ccccc2)Cc2ccccc2)c2[nH]c(B(O)O)cc12. The summed E-state index contributed by atoms with van der Waals surface area (Å²) in [7, 11) is -0.407. The maximum absolute atomic E-state index is 12.3. The van der Waals surface area contributed by atoms with E-state index in [-0.39, 0.29) is 11.2 Å². The highest BCUT2D eigenvalue weighted by Gasteiger charge is 2.23. The molecular formula is C23H22BN3O4. The summed E-state index contributed by atoms with van der Waals surface area (Å²) in [4.78, 5) is 21.9. The maximum atomic E-state index is 12.3. The molecule has 0 saturated heterocycles. The molecule has 0 bridgehead atoms. The monoisotopic (exact) mass is 415 g/mol. The lowest BCUT2D eigenvalue weighted by Gasteiger charge is -2.25. The quantitative estimate of drug-likeness (QED) is 0.316. The summed E-state index contributed by atoms with van der Waals surface area (Å²) in [5, 5.41) is 19.9. The highest BCUT2D eigenvalue weighted by molar-refractivity contribution is 6.58. The Morgan fingerprint density at radius 1 is 1.03 bits per heavy atom. The Labute approximate surface area is 180 Å². The number of pyridine rings is 1. The van der Waals surface area contributed by atoms with Crippen LogP contribution < -0.4 is 10.5 Å². The molecule has 0 saturated carbocycles. The number of aromatic amines is 1. The lowest BCUT2D eigenvalue weighted by atomic mass is 9.86. The molecule has 0 aliphatic heterocycles. The Balaban J connectivity index is 1.84. The van der Waals surface area contributed by atoms with Gasteiger partial charge in [0, 0.05) is 30.3 Å². The van der Waals surface area contributed by atoms with Crippen molar-refractivity contribution in [2.75, 3.05) is 12.0 Å². The van der Waals surface area contributed by atoms with E-state index in [2.05, 4.69) is 14.9 Å². The van der Waals surface area contributed by atoms with Crippen molar-refractivity contribution in [3.8, 4) is 0 Å². The van der Waals surface area contributed by atoms with Crippen LogP contribution in [0, 0.1) is 0 Å². The molecule has 0 aliphatic carbocycles. The number of esters is 1. The average molecular weight is 415 g/mol. The topological polar surface area (TPSA) is 98.7 Å². The second kappa shape index (κ2) is 9.03. The van der Waals surface area contributed by atoms with E-state index in [0.717, 1.165) is 11.1 Å². The molecule has 31 heavy (non-hydrogen) atoms. The summed E-state index contributed by atoms with van der Waals surface area (Å²) in [5.74, 6) is 0.0574. The fraction of sp³-hybridized carbons (Fsp3) is 0.130. The van der Waals surface area contributed by atoms with E-state index in [4.69, 9.17) is 4.74 Å². The molecule has 0 aliphatic rings. The Bertz CT molecular complexity index is 1140. The first kappa shape index (κ1) is 20.6. The fourth-order valence-electron chi connectivity index (χ4n) is 3.59. The Morgan fingerprint density at radius 3 is 2.13 bits per heavy atom. The normalized spacial score (nSPS) is 10.8. The highest BCUT2D eigenvalue weighted by Crippen LogP contribution is 2.28. The molecule has 4 rings (SSSR count). The Kier molecular flexibility index (Phi) is 6.02. The molecule has 0 fully saturated rings. The van der Waals surface area contributed by atoms with E-state index in [1.165, 1.54) is 13.3 Å². The summed E-state index contributed by atoms with van der Waals surface area (Å²) in [5.41, 5.74) is 3.16. The van der Waals surface area contributed by atoms with Gasteiger partial charge in [-0.25, -0.2) is 9.78 Å². The summed E-state index contributed by atoms with van der Waals surface area (Å²) >= 11 is 0. The molecule has 0 amide bonds. The van der Waals surface area contributed by atoms with Crippen LogP contribution in [-0.4, -0.2) is 40.2 Å². The number of hydrogen-bond donors (Lipinski definition) is 3. The summed E-state index contributed by atoms with van der Waals surface area (Å²) in [6.45, 7) is 1.15. The zero-order valence-electron chi connectivity index (χ0n) is 17.0. The number of anilines is 1. The predicted octanol–water partition coefficient (Wildman–Crippen LogP) is 2.24. The number of hydrogen-bond acceptors (Lipinski definition) is 6. The minimum absolute atomic E-state index is 0.175. The number of fused-ring (bicyclic) bond motifs is 1. The molecule has 0 unspecified atom stereocenters. The van der Waals surface area contributed by atoms with Crippen molar-refractivity contribution in [3.63, 3.8) is 0 Å². The molecule has 156 valence electrons. The predicted molar refractivity (Wildman–Crippen MR) is 120 cm³/mol. The van der Waals surface area contributed by atoms with Crippen LogP contribution in [0.1, 0.15) is 21.5 Å². The second-order valence-electron chi connectivity index (χ2n) is 7.20. The van der Waals surface area contributed by atoms with E-state index < -0.39 is 13.1 Å². The minimum Gasteiger partial charge on any atom is -0.465 e.